The summed E-state index contributed by atoms with van der Waals surface area (Å²) in [4.78, 5) is 25.1. The molecule has 0 radical (unpaired) electrons. The Balaban J connectivity index is 1.06. The molecule has 0 spiro atoms. The van der Waals surface area contributed by atoms with E-state index in [4.69, 9.17) is 18.9 Å². The molecule has 4 rings (SSSR count). The average molecular weight is 519 g/mol. The lowest BCUT2D eigenvalue weighted by Gasteiger charge is -2.19. The van der Waals surface area contributed by atoms with Crippen LogP contribution < -0.4 is 10.1 Å². The number of benzene rings is 3. The summed E-state index contributed by atoms with van der Waals surface area (Å²) in [6.45, 7) is 4.26. The van der Waals surface area contributed by atoms with E-state index in [2.05, 4.69) is 29.6 Å². The number of likely N-dealkylation sites (N-methyl/N-ethyl adjacent to an activating group) is 1. The first kappa shape index (κ1) is 27.2. The first-order valence-electron chi connectivity index (χ1n) is 12.7. The van der Waals surface area contributed by atoms with Gasteiger partial charge in [0.15, 0.2) is 0 Å². The van der Waals surface area contributed by atoms with Crippen molar-refractivity contribution < 1.29 is 28.5 Å². The zero-order valence-corrected chi connectivity index (χ0v) is 21.9. The normalized spacial score (nSPS) is 11.9. The minimum Gasteiger partial charge on any atom is -0.491 e. The van der Waals surface area contributed by atoms with E-state index in [0.717, 1.165) is 5.69 Å². The Kier molecular flexibility index (Phi) is 9.72. The summed E-state index contributed by atoms with van der Waals surface area (Å²) in [5.41, 5.74) is 5.52. The van der Waals surface area contributed by atoms with Gasteiger partial charge in [-0.05, 0) is 46.5 Å². The number of rotatable bonds is 13. The number of carbonyl (C=O) groups is 2. The van der Waals surface area contributed by atoms with Crippen LogP contribution in [-0.2, 0) is 19.0 Å². The minimum atomic E-state index is -0.367. The zero-order chi connectivity index (χ0) is 26.7. The molecular weight excluding hydrogens is 484 g/mol. The van der Waals surface area contributed by atoms with Crippen LogP contribution >= 0.6 is 0 Å². The van der Waals surface area contributed by atoms with Crippen molar-refractivity contribution in [3.63, 3.8) is 0 Å². The van der Waals surface area contributed by atoms with Crippen LogP contribution in [0, 0.1) is 0 Å². The first-order chi connectivity index (χ1) is 18.5. The molecule has 8 nitrogen and oxygen atoms in total. The van der Waals surface area contributed by atoms with Gasteiger partial charge in [-0.25, -0.2) is 4.79 Å². The molecule has 0 aromatic heterocycles. The third-order valence-corrected chi connectivity index (χ3v) is 6.26. The Labute approximate surface area is 223 Å². The van der Waals surface area contributed by atoms with Gasteiger partial charge < -0.3 is 29.2 Å². The van der Waals surface area contributed by atoms with Crippen LogP contribution in [0.5, 0.6) is 5.75 Å². The molecule has 0 unspecified atom stereocenters. The Morgan fingerprint density at radius 3 is 2.00 bits per heavy atom. The van der Waals surface area contributed by atoms with Gasteiger partial charge in [0.25, 0.3) is 0 Å². The highest BCUT2D eigenvalue weighted by Gasteiger charge is 2.29. The second-order valence-electron chi connectivity index (χ2n) is 9.00. The van der Waals surface area contributed by atoms with Crippen molar-refractivity contribution in [2.75, 3.05) is 58.6 Å². The molecular formula is C30H34N2O6. The smallest absolute Gasteiger partial charge is 0.409 e. The zero-order valence-electron chi connectivity index (χ0n) is 21.9. The van der Waals surface area contributed by atoms with Gasteiger partial charge in [0.05, 0.1) is 26.4 Å². The van der Waals surface area contributed by atoms with Crippen LogP contribution in [-0.4, -0.2) is 70.1 Å². The monoisotopic (exact) mass is 518 g/mol. The molecule has 0 saturated heterocycles. The molecule has 8 heteroatoms. The van der Waals surface area contributed by atoms with E-state index in [1.807, 2.05) is 24.3 Å². The maximum absolute atomic E-state index is 12.5. The second-order valence-corrected chi connectivity index (χ2v) is 9.00. The fourth-order valence-electron chi connectivity index (χ4n) is 4.38. The summed E-state index contributed by atoms with van der Waals surface area (Å²) in [5, 5.41) is 2.71. The summed E-state index contributed by atoms with van der Waals surface area (Å²) in [7, 11) is 1.71. The molecule has 0 atom stereocenters. The summed E-state index contributed by atoms with van der Waals surface area (Å²) < 4.78 is 22.4. The van der Waals surface area contributed by atoms with Crippen molar-refractivity contribution in [2.24, 2.45) is 0 Å². The fourth-order valence-corrected chi connectivity index (χ4v) is 4.38. The van der Waals surface area contributed by atoms with Crippen molar-refractivity contribution >= 4 is 17.7 Å². The van der Waals surface area contributed by atoms with E-state index in [-0.39, 0.29) is 17.9 Å². The predicted molar refractivity (Wildman–Crippen MR) is 146 cm³/mol. The molecule has 0 bridgehead atoms. The molecule has 2 amide bonds. The SMILES string of the molecule is CC(=O)Nc1ccc(OCCOCCOCCN(C)C(=O)OCC2c3ccccc3-c3ccccc32)cc1. The van der Waals surface area contributed by atoms with Crippen LogP contribution in [0.25, 0.3) is 11.1 Å². The van der Waals surface area contributed by atoms with Gasteiger partial charge in [0.2, 0.25) is 5.91 Å². The van der Waals surface area contributed by atoms with Crippen LogP contribution in [0.3, 0.4) is 0 Å². The summed E-state index contributed by atoms with van der Waals surface area (Å²) >= 11 is 0. The van der Waals surface area contributed by atoms with Crippen LogP contribution in [0.2, 0.25) is 0 Å². The lowest BCUT2D eigenvalue weighted by atomic mass is 9.98. The van der Waals surface area contributed by atoms with Gasteiger partial charge in [0.1, 0.15) is 19.0 Å². The molecule has 1 N–H and O–H groups in total. The number of anilines is 1. The molecule has 1 aliphatic carbocycles. The van der Waals surface area contributed by atoms with Crippen molar-refractivity contribution in [3.8, 4) is 16.9 Å². The quantitative estimate of drug-likeness (QED) is 0.323. The summed E-state index contributed by atoms with van der Waals surface area (Å²) in [5.74, 6) is 0.633. The first-order valence-corrected chi connectivity index (χ1v) is 12.7. The van der Waals surface area contributed by atoms with Gasteiger partial charge in [-0.3, -0.25) is 4.79 Å². The maximum Gasteiger partial charge on any atom is 0.409 e. The molecule has 0 heterocycles. The molecule has 38 heavy (non-hydrogen) atoms. The fraction of sp³-hybridized carbons (Fsp3) is 0.333. The number of nitrogens with zero attached hydrogens (tertiary/aromatic N) is 1. The third kappa shape index (κ3) is 7.34. The molecule has 0 saturated carbocycles. The van der Waals surface area contributed by atoms with E-state index in [9.17, 15) is 9.59 Å². The Bertz CT molecular complexity index is 1170. The predicted octanol–water partition coefficient (Wildman–Crippen LogP) is 4.94. The minimum absolute atomic E-state index is 0.0419. The number of hydrogen-bond acceptors (Lipinski definition) is 6. The van der Waals surface area contributed by atoms with Gasteiger partial charge >= 0.3 is 6.09 Å². The van der Waals surface area contributed by atoms with Gasteiger partial charge in [0, 0.05) is 32.1 Å². The molecule has 200 valence electrons. The van der Waals surface area contributed by atoms with Crippen LogP contribution in [0.4, 0.5) is 10.5 Å². The standard InChI is InChI=1S/C30H34N2O6/c1-22(33)31-23-11-13-24(14-12-23)37-20-19-36-18-17-35-16-15-32(2)30(34)38-21-29-27-9-5-3-7-25(27)26-8-4-6-10-28(26)29/h3-14,29H,15-21H2,1-2H3,(H,31,33). The van der Waals surface area contributed by atoms with Gasteiger partial charge in [-0.15, -0.1) is 0 Å². The number of ether oxygens (including phenoxy) is 4. The number of nitrogens with one attached hydrogen (secondary N) is 1. The highest BCUT2D eigenvalue weighted by atomic mass is 16.6. The van der Waals surface area contributed by atoms with E-state index in [1.54, 1.807) is 31.3 Å². The maximum atomic E-state index is 12.5. The molecule has 3 aromatic carbocycles. The lowest BCUT2D eigenvalue weighted by Crippen LogP contribution is -2.32. The molecule has 0 fully saturated rings. The van der Waals surface area contributed by atoms with Crippen molar-refractivity contribution in [3.05, 3.63) is 83.9 Å². The van der Waals surface area contributed by atoms with E-state index < -0.39 is 0 Å². The number of hydrogen-bond donors (Lipinski definition) is 1. The Hall–Kier alpha value is -3.88. The summed E-state index contributed by atoms with van der Waals surface area (Å²) in [6, 6.07) is 23.7. The average Bonchev–Trinajstić information content (AvgIpc) is 3.25. The van der Waals surface area contributed by atoms with Gasteiger partial charge in [-0.2, -0.15) is 0 Å². The van der Waals surface area contributed by atoms with Crippen molar-refractivity contribution in [2.45, 2.75) is 12.8 Å². The number of amides is 2. The van der Waals surface area contributed by atoms with Crippen LogP contribution in [0.15, 0.2) is 72.8 Å². The lowest BCUT2D eigenvalue weighted by molar-refractivity contribution is -0.114. The third-order valence-electron chi connectivity index (χ3n) is 6.26. The van der Waals surface area contributed by atoms with E-state index in [0.29, 0.717) is 51.9 Å². The van der Waals surface area contributed by atoms with Crippen molar-refractivity contribution in [1.29, 1.82) is 0 Å². The molecule has 3 aromatic rings. The van der Waals surface area contributed by atoms with Gasteiger partial charge in [-0.1, -0.05) is 48.5 Å². The van der Waals surface area contributed by atoms with E-state index in [1.165, 1.54) is 34.1 Å². The molecule has 0 aliphatic heterocycles. The Morgan fingerprint density at radius 1 is 0.789 bits per heavy atom. The number of carbonyl (C=O) groups excluding carboxylic acids is 2. The van der Waals surface area contributed by atoms with E-state index >= 15 is 0 Å². The largest absolute Gasteiger partial charge is 0.491 e. The highest BCUT2D eigenvalue weighted by molar-refractivity contribution is 5.88. The summed E-state index contributed by atoms with van der Waals surface area (Å²) in [6.07, 6.45) is -0.367. The van der Waals surface area contributed by atoms with Crippen molar-refractivity contribution in [1.82, 2.24) is 4.90 Å². The van der Waals surface area contributed by atoms with Crippen LogP contribution in [0.1, 0.15) is 24.0 Å². The Morgan fingerprint density at radius 2 is 1.37 bits per heavy atom. The topological polar surface area (TPSA) is 86.3 Å². The number of fused-ring (bicyclic) bond motifs is 3. The second kappa shape index (κ2) is 13.6. The molecule has 1 aliphatic rings. The highest BCUT2D eigenvalue weighted by Crippen LogP contribution is 2.44.